The van der Waals surface area contributed by atoms with Gasteiger partial charge in [0.25, 0.3) is 0 Å². The number of anilines is 2. The number of aliphatic hydroxyl groups is 5. The Kier molecular flexibility index (Phi) is 32.2. The topological polar surface area (TPSA) is 730 Å². The average molecular weight is 1620 g/mol. The number of thiol groups is 1. The van der Waals surface area contributed by atoms with Gasteiger partial charge in [0.2, 0.25) is 23.6 Å². The number of hydrogen-bond donors (Lipinski definition) is 20. The number of nitrogens with two attached hydrogens (primary N) is 2. The summed E-state index contributed by atoms with van der Waals surface area (Å²) in [5, 5.41) is 61.2. The SMILES string of the molecule is CC(C)(COP(=O)(O)OP(=O)(O)OC[C@H]1O[C@@H](n2cnc3c(N)ncnc32)[C@H](O)[C@@H]1OP(=O)(O)O)[C@@H](O)C(=O)NCCC(=O)NCCS.CC(O)CC(=O)SCCNC(=O)CCNC(=O)[C@H](O)C(C)(C)COP(=O)(O)OP(=O)(O)OC[C@H]1O[C@@H](n2cnc3c(N)ncnc32)[C@H](O)[C@@H]1OP(=O)(O)O. The Morgan fingerprint density at radius 3 is 1.32 bits per heavy atom. The lowest BCUT2D eigenvalue weighted by Crippen LogP contribution is -2.46. The van der Waals surface area contributed by atoms with Crippen LogP contribution in [0.5, 0.6) is 0 Å². The highest BCUT2D eigenvalue weighted by Gasteiger charge is 2.52. The molecule has 0 aromatic carbocycles. The fourth-order valence-corrected chi connectivity index (χ4v) is 15.3. The molecule has 2 saturated heterocycles. The maximum absolute atomic E-state index is 12.6. The third kappa shape index (κ3) is 27.3. The van der Waals surface area contributed by atoms with E-state index in [0.29, 0.717) is 12.3 Å². The summed E-state index contributed by atoms with van der Waals surface area (Å²) in [6.07, 6.45) is -14.5. The Bertz CT molecular complexity index is 3850. The number of nitrogens with zero attached hydrogens (tertiary/aromatic N) is 8. The molecule has 0 radical (unpaired) electrons. The van der Waals surface area contributed by atoms with Crippen molar-refractivity contribution in [3.63, 3.8) is 0 Å². The summed E-state index contributed by atoms with van der Waals surface area (Å²) in [7, 11) is -32.7. The molecular formula is C46H78N14O34P6S2. The normalized spacial score (nSPS) is 23.0. The minimum atomic E-state index is -5.57. The van der Waals surface area contributed by atoms with Crippen LogP contribution < -0.4 is 32.7 Å². The van der Waals surface area contributed by atoms with E-state index in [2.05, 4.69) is 81.5 Å². The van der Waals surface area contributed by atoms with E-state index in [0.717, 1.165) is 46.2 Å². The van der Waals surface area contributed by atoms with Crippen LogP contribution in [0, 0.1) is 10.8 Å². The minimum Gasteiger partial charge on any atom is -0.393 e. The van der Waals surface area contributed by atoms with Crippen LogP contribution in [0.15, 0.2) is 25.3 Å². The number of phosphoric ester groups is 6. The molecule has 56 heteroatoms. The summed E-state index contributed by atoms with van der Waals surface area (Å²) >= 11 is 4.89. The molecule has 2 aliphatic heterocycles. The zero-order chi connectivity index (χ0) is 76.7. The number of carbonyl (C=O) groups is 5. The molecule has 0 aliphatic carbocycles. The van der Waals surface area contributed by atoms with E-state index < -0.39 is 169 Å². The number of hydrogen-bond acceptors (Lipinski definition) is 36. The van der Waals surface area contributed by atoms with E-state index in [9.17, 15) is 116 Å². The number of ether oxygens (including phenoxy) is 2. The van der Waals surface area contributed by atoms with Gasteiger partial charge in [0.15, 0.2) is 40.5 Å². The van der Waals surface area contributed by atoms with Crippen LogP contribution in [0.4, 0.5) is 11.6 Å². The number of rotatable bonds is 39. The monoisotopic (exact) mass is 1620 g/mol. The Balaban J connectivity index is 0.000000370. The number of amides is 4. The van der Waals surface area contributed by atoms with Gasteiger partial charge in [-0.15, -0.1) is 0 Å². The molecule has 578 valence electrons. The zero-order valence-corrected chi connectivity index (χ0v) is 61.1. The third-order valence-electron chi connectivity index (χ3n) is 13.7. The number of thioether (sulfide) groups is 1. The van der Waals surface area contributed by atoms with E-state index in [1.165, 1.54) is 34.6 Å². The van der Waals surface area contributed by atoms with Gasteiger partial charge in [0, 0.05) is 67.8 Å². The van der Waals surface area contributed by atoms with E-state index in [4.69, 9.17) is 39.0 Å². The van der Waals surface area contributed by atoms with Crippen molar-refractivity contribution in [1.29, 1.82) is 0 Å². The van der Waals surface area contributed by atoms with Gasteiger partial charge in [-0.1, -0.05) is 39.5 Å². The highest BCUT2D eigenvalue weighted by atomic mass is 32.2. The Labute approximate surface area is 586 Å². The fraction of sp³-hybridized carbons (Fsp3) is 0.674. The maximum Gasteiger partial charge on any atom is 0.481 e. The lowest BCUT2D eigenvalue weighted by molar-refractivity contribution is -0.137. The predicted molar refractivity (Wildman–Crippen MR) is 347 cm³/mol. The number of aromatic nitrogens is 8. The van der Waals surface area contributed by atoms with Gasteiger partial charge in [-0.05, 0) is 6.92 Å². The number of carbonyl (C=O) groups excluding carboxylic acids is 5. The third-order valence-corrected chi connectivity index (χ3v) is 21.1. The largest absolute Gasteiger partial charge is 0.481 e. The van der Waals surface area contributed by atoms with Crippen molar-refractivity contribution in [2.75, 3.05) is 75.6 Å². The fourth-order valence-electron chi connectivity index (χ4n) is 8.73. The van der Waals surface area contributed by atoms with Crippen LogP contribution in [-0.2, 0) is 96.6 Å². The number of fused-ring (bicyclic) bond motifs is 2. The predicted octanol–water partition coefficient (Wildman–Crippen LogP) is -3.23. The second kappa shape index (κ2) is 37.3. The Hall–Kier alpha value is -4.59. The van der Waals surface area contributed by atoms with Crippen molar-refractivity contribution in [3.8, 4) is 0 Å². The maximum atomic E-state index is 12.6. The van der Waals surface area contributed by atoms with Gasteiger partial charge in [-0.2, -0.15) is 21.3 Å². The van der Waals surface area contributed by atoms with Crippen molar-refractivity contribution in [1.82, 2.24) is 60.3 Å². The molecule has 4 amide bonds. The van der Waals surface area contributed by atoms with Crippen LogP contribution in [0.2, 0.25) is 0 Å². The molecule has 0 bridgehead atoms. The van der Waals surface area contributed by atoms with Crippen molar-refractivity contribution in [2.45, 2.75) is 121 Å². The van der Waals surface area contributed by atoms with Crippen molar-refractivity contribution >= 4 is 134 Å². The molecule has 4 aromatic heterocycles. The molecular weight excluding hydrogens is 1540 g/mol. The van der Waals surface area contributed by atoms with Crippen LogP contribution in [0.1, 0.15) is 66.3 Å². The Morgan fingerprint density at radius 1 is 0.588 bits per heavy atom. The molecule has 0 spiro atoms. The molecule has 48 nitrogen and oxygen atoms in total. The first-order valence-corrected chi connectivity index (χ1v) is 40.0. The summed E-state index contributed by atoms with van der Waals surface area (Å²) < 4.78 is 124. The van der Waals surface area contributed by atoms with E-state index in [-0.39, 0.29) is 89.6 Å². The molecule has 6 heterocycles. The van der Waals surface area contributed by atoms with E-state index in [1.807, 2.05) is 0 Å². The summed E-state index contributed by atoms with van der Waals surface area (Å²) in [4.78, 5) is 161. The highest BCUT2D eigenvalue weighted by Crippen LogP contribution is 2.63. The van der Waals surface area contributed by atoms with Crippen LogP contribution in [0.3, 0.4) is 0 Å². The van der Waals surface area contributed by atoms with Crippen molar-refractivity contribution in [2.24, 2.45) is 10.8 Å². The molecule has 4 aromatic rings. The van der Waals surface area contributed by atoms with Gasteiger partial charge < -0.3 is 107 Å². The smallest absolute Gasteiger partial charge is 0.393 e. The van der Waals surface area contributed by atoms with Gasteiger partial charge >= 0.3 is 46.9 Å². The first kappa shape index (κ1) is 88.0. The number of aliphatic hydroxyl groups excluding tert-OH is 5. The second-order valence-electron chi connectivity index (χ2n) is 23.1. The van der Waals surface area contributed by atoms with Crippen molar-refractivity contribution < 1.29 is 161 Å². The summed E-state index contributed by atoms with van der Waals surface area (Å²) in [5.41, 5.74) is 8.53. The minimum absolute atomic E-state index is 0.0259. The van der Waals surface area contributed by atoms with E-state index in [1.54, 1.807) is 0 Å². The first-order valence-electron chi connectivity index (χ1n) is 29.3. The standard InChI is InChI=1S/C25H42N7O18P3S.C21H36N7O16P3S/c1-13(33)8-16(35)54-7-6-27-15(34)4-5-28-23(38)20(37)25(2,3)10-47-53(44,45)50-52(42,43)46-9-14-19(49-51(39,40)41)18(36)24(48-14)32-12-31-17-21(26)29-11-30-22(17)32;1-21(2,16(31)19(32)24-4-3-12(29)23-5-6-48)8-41-47(38,39)44-46(36,37)40-7-11-15(43-45(33,34)35)14(30)20(42-11)28-10-27-13-17(22)25-9-26-18(13)28/h11-14,18-20,24,33,36-37H,4-10H2,1-3H3,(H,27,34)(H,28,38)(H,42,43)(H,44,45)(H2,26,29,30)(H2,39,40,41);9-11,14-16,20,30-31,48H,3-8H2,1-2H3,(H,23,29)(H,24,32)(H,36,37)(H,38,39)(H2,22,25,26)(H2,33,34,35)/t13?,14-,18-,19-,20+,24-;11-,14-,15-,16+,20-/m11/s1. The lowest BCUT2D eigenvalue weighted by atomic mass is 9.87. The summed E-state index contributed by atoms with van der Waals surface area (Å²) in [5.74, 6) is -2.20. The van der Waals surface area contributed by atoms with Crippen LogP contribution in [-0.4, -0.2) is 252 Å². The molecule has 2 fully saturated rings. The highest BCUT2D eigenvalue weighted by molar-refractivity contribution is 8.13. The molecule has 6 rings (SSSR count). The molecule has 2 aliphatic rings. The lowest BCUT2D eigenvalue weighted by Gasteiger charge is -2.30. The van der Waals surface area contributed by atoms with Crippen LogP contribution in [0.25, 0.3) is 22.3 Å². The van der Waals surface area contributed by atoms with Crippen molar-refractivity contribution in [3.05, 3.63) is 25.3 Å². The zero-order valence-electron chi connectivity index (χ0n) is 54.0. The number of nitrogen functional groups attached to an aromatic ring is 2. The molecule has 15 atom stereocenters. The molecule has 21 N–H and O–H groups in total. The molecule has 102 heavy (non-hydrogen) atoms. The van der Waals surface area contributed by atoms with Gasteiger partial charge in [0.05, 0.1) is 45.2 Å². The molecule has 5 unspecified atom stereocenters. The van der Waals surface area contributed by atoms with E-state index >= 15 is 0 Å². The second-order valence-corrected chi connectivity index (χ2v) is 33.2. The number of phosphoric acid groups is 6. The van der Waals surface area contributed by atoms with Gasteiger partial charge in [-0.25, -0.2) is 57.3 Å². The molecule has 0 saturated carbocycles. The first-order chi connectivity index (χ1) is 47.1. The van der Waals surface area contributed by atoms with Crippen LogP contribution >= 0.6 is 71.3 Å². The number of nitrogens with one attached hydrogen (secondary N) is 4. The Morgan fingerprint density at radius 2 is 0.961 bits per heavy atom. The van der Waals surface area contributed by atoms with Gasteiger partial charge in [-0.3, -0.25) is 60.2 Å². The number of imidazole rings is 2. The quantitative estimate of drug-likeness (QED) is 0.0119. The summed E-state index contributed by atoms with van der Waals surface area (Å²) in [6.45, 7) is 2.56. The average Bonchev–Trinajstić information content (AvgIpc) is 1.62. The van der Waals surface area contributed by atoms with Gasteiger partial charge in [0.1, 0.15) is 72.5 Å². The summed E-state index contributed by atoms with van der Waals surface area (Å²) in [6, 6.07) is 0.